The fourth-order valence-corrected chi connectivity index (χ4v) is 4.35. The Kier molecular flexibility index (Phi) is 5.30. The average molecular weight is 377 g/mol. The van der Waals surface area contributed by atoms with Crippen molar-refractivity contribution in [2.45, 2.75) is 76.2 Å². The van der Waals surface area contributed by atoms with Crippen LogP contribution in [-0.4, -0.2) is 48.0 Å². The molecule has 0 radical (unpaired) electrons. The first kappa shape index (κ1) is 19.8. The van der Waals surface area contributed by atoms with Gasteiger partial charge in [-0.2, -0.15) is 0 Å². The van der Waals surface area contributed by atoms with Crippen molar-refractivity contribution in [3.05, 3.63) is 23.8 Å². The molecule has 2 fully saturated rings. The van der Waals surface area contributed by atoms with Crippen molar-refractivity contribution >= 4 is 6.09 Å². The summed E-state index contributed by atoms with van der Waals surface area (Å²) in [6.07, 6.45) is 3.50. The van der Waals surface area contributed by atoms with E-state index in [1.54, 1.807) is 20.3 Å². The topological polar surface area (TPSA) is 68.2 Å². The minimum Gasteiger partial charge on any atom is -0.497 e. The number of hydrogen-bond donors (Lipinski definition) is 1. The number of carbonyl (C=O) groups excluding carboxylic acids is 1. The highest BCUT2D eigenvalue weighted by Gasteiger charge is 2.49. The van der Waals surface area contributed by atoms with Crippen LogP contribution in [0.3, 0.4) is 0 Å². The Morgan fingerprint density at radius 1 is 1.07 bits per heavy atom. The zero-order valence-electron chi connectivity index (χ0n) is 16.9. The second-order valence-corrected chi connectivity index (χ2v) is 8.67. The standard InChI is InChI=1S/C21H31NO5/c1-20(2,3)27-19(23)22-15-7-6-8-16(22)13-21(24,12-15)14-9-17(25-4)11-18(10-14)26-5/h9-11,15-16,24H,6-8,12-13H2,1-5H3. The summed E-state index contributed by atoms with van der Waals surface area (Å²) >= 11 is 0. The normalized spacial score (nSPS) is 27.9. The molecule has 0 aromatic heterocycles. The second kappa shape index (κ2) is 7.23. The van der Waals surface area contributed by atoms with Gasteiger partial charge >= 0.3 is 6.09 Å². The molecular formula is C21H31NO5. The molecule has 0 saturated carbocycles. The van der Waals surface area contributed by atoms with Gasteiger partial charge in [0.25, 0.3) is 0 Å². The highest BCUT2D eigenvalue weighted by Crippen LogP contribution is 2.46. The molecule has 2 heterocycles. The molecule has 2 unspecified atom stereocenters. The van der Waals surface area contributed by atoms with E-state index < -0.39 is 11.2 Å². The van der Waals surface area contributed by atoms with E-state index in [4.69, 9.17) is 14.2 Å². The lowest BCUT2D eigenvalue weighted by molar-refractivity contribution is -0.0966. The van der Waals surface area contributed by atoms with Gasteiger partial charge in [0.2, 0.25) is 0 Å². The minimum absolute atomic E-state index is 0.0328. The van der Waals surface area contributed by atoms with Crippen molar-refractivity contribution in [2.75, 3.05) is 14.2 Å². The summed E-state index contributed by atoms with van der Waals surface area (Å²) in [7, 11) is 3.20. The van der Waals surface area contributed by atoms with Gasteiger partial charge in [-0.25, -0.2) is 4.79 Å². The zero-order valence-corrected chi connectivity index (χ0v) is 16.9. The number of ether oxygens (including phenoxy) is 3. The Hall–Kier alpha value is -1.95. The van der Waals surface area contributed by atoms with E-state index in [0.717, 1.165) is 24.8 Å². The van der Waals surface area contributed by atoms with Crippen molar-refractivity contribution in [1.82, 2.24) is 4.90 Å². The zero-order chi connectivity index (χ0) is 19.8. The van der Waals surface area contributed by atoms with E-state index in [-0.39, 0.29) is 18.2 Å². The van der Waals surface area contributed by atoms with E-state index in [2.05, 4.69) is 0 Å². The number of amides is 1. The van der Waals surface area contributed by atoms with Gasteiger partial charge in [0.1, 0.15) is 17.1 Å². The fourth-order valence-electron chi connectivity index (χ4n) is 4.35. The van der Waals surface area contributed by atoms with Gasteiger partial charge in [-0.1, -0.05) is 0 Å². The van der Waals surface area contributed by atoms with Gasteiger partial charge in [-0.05, 0) is 57.7 Å². The molecule has 2 aliphatic rings. The molecule has 150 valence electrons. The average Bonchev–Trinajstić information content (AvgIpc) is 2.58. The predicted molar refractivity (Wildman–Crippen MR) is 102 cm³/mol. The van der Waals surface area contributed by atoms with E-state index in [0.29, 0.717) is 24.3 Å². The molecule has 1 N–H and O–H groups in total. The maximum absolute atomic E-state index is 12.8. The molecule has 1 aromatic rings. The molecule has 0 aliphatic carbocycles. The predicted octanol–water partition coefficient (Wildman–Crippen LogP) is 3.84. The second-order valence-electron chi connectivity index (χ2n) is 8.67. The third-order valence-electron chi connectivity index (χ3n) is 5.50. The molecule has 1 amide bonds. The van der Waals surface area contributed by atoms with Crippen LogP contribution in [0.5, 0.6) is 11.5 Å². The van der Waals surface area contributed by atoms with E-state index >= 15 is 0 Å². The summed E-state index contributed by atoms with van der Waals surface area (Å²) in [6.45, 7) is 5.64. The van der Waals surface area contributed by atoms with Gasteiger partial charge in [0.05, 0.1) is 19.8 Å². The number of benzene rings is 1. The first-order chi connectivity index (χ1) is 12.6. The summed E-state index contributed by atoms with van der Waals surface area (Å²) in [5.41, 5.74) is -0.769. The Labute approximate surface area is 161 Å². The van der Waals surface area contributed by atoms with Crippen molar-refractivity contribution in [3.8, 4) is 11.5 Å². The van der Waals surface area contributed by atoms with Gasteiger partial charge in [0, 0.05) is 31.0 Å². The smallest absolute Gasteiger partial charge is 0.410 e. The Bertz CT molecular complexity index is 660. The van der Waals surface area contributed by atoms with Crippen LogP contribution in [0.2, 0.25) is 0 Å². The third-order valence-corrected chi connectivity index (χ3v) is 5.50. The summed E-state index contributed by atoms with van der Waals surface area (Å²) in [4.78, 5) is 14.6. The molecule has 2 atom stereocenters. The van der Waals surface area contributed by atoms with Crippen LogP contribution in [0.4, 0.5) is 4.79 Å². The van der Waals surface area contributed by atoms with Crippen LogP contribution in [0, 0.1) is 0 Å². The van der Waals surface area contributed by atoms with Gasteiger partial charge in [0.15, 0.2) is 0 Å². The monoisotopic (exact) mass is 377 g/mol. The highest BCUT2D eigenvalue weighted by atomic mass is 16.6. The number of methoxy groups -OCH3 is 2. The van der Waals surface area contributed by atoms with E-state index in [1.165, 1.54) is 0 Å². The molecule has 6 nitrogen and oxygen atoms in total. The SMILES string of the molecule is COc1cc(OC)cc(C2(O)CC3CCCC(C2)N3C(=O)OC(C)(C)C)c1. The molecule has 27 heavy (non-hydrogen) atoms. The maximum Gasteiger partial charge on any atom is 0.410 e. The molecule has 3 rings (SSSR count). The number of fused-ring (bicyclic) bond motifs is 2. The highest BCUT2D eigenvalue weighted by molar-refractivity contribution is 5.69. The molecule has 6 heteroatoms. The number of carbonyl (C=O) groups is 1. The number of piperidine rings is 2. The van der Waals surface area contributed by atoms with Crippen molar-refractivity contribution < 1.29 is 24.1 Å². The van der Waals surface area contributed by atoms with E-state index in [9.17, 15) is 9.90 Å². The Balaban J connectivity index is 1.88. The first-order valence-electron chi connectivity index (χ1n) is 9.62. The number of rotatable bonds is 3. The Morgan fingerprint density at radius 2 is 1.59 bits per heavy atom. The third kappa shape index (κ3) is 4.15. The number of hydrogen-bond acceptors (Lipinski definition) is 5. The molecule has 1 aromatic carbocycles. The summed E-state index contributed by atoms with van der Waals surface area (Å²) in [6, 6.07) is 5.45. The molecule has 2 aliphatic heterocycles. The summed E-state index contributed by atoms with van der Waals surface area (Å²) in [5, 5.41) is 11.5. The van der Waals surface area contributed by atoms with Crippen molar-refractivity contribution in [3.63, 3.8) is 0 Å². The lowest BCUT2D eigenvalue weighted by Crippen LogP contribution is -2.59. The van der Waals surface area contributed by atoms with Gasteiger partial charge in [-0.3, -0.25) is 0 Å². The number of aliphatic hydroxyl groups is 1. The Morgan fingerprint density at radius 3 is 2.04 bits per heavy atom. The minimum atomic E-state index is -1.02. The molecule has 2 bridgehead atoms. The maximum atomic E-state index is 12.8. The summed E-state index contributed by atoms with van der Waals surface area (Å²) in [5.74, 6) is 1.30. The molecular weight excluding hydrogens is 346 g/mol. The molecule has 2 saturated heterocycles. The van der Waals surface area contributed by atoms with Crippen molar-refractivity contribution in [1.29, 1.82) is 0 Å². The largest absolute Gasteiger partial charge is 0.497 e. The first-order valence-corrected chi connectivity index (χ1v) is 9.62. The number of nitrogens with zero attached hydrogens (tertiary/aromatic N) is 1. The fraction of sp³-hybridized carbons (Fsp3) is 0.667. The van der Waals surface area contributed by atoms with Crippen molar-refractivity contribution in [2.24, 2.45) is 0 Å². The van der Waals surface area contributed by atoms with E-state index in [1.807, 2.05) is 37.8 Å². The molecule has 0 spiro atoms. The lowest BCUT2D eigenvalue weighted by atomic mass is 9.72. The quantitative estimate of drug-likeness (QED) is 0.867. The van der Waals surface area contributed by atoms with Crippen LogP contribution < -0.4 is 9.47 Å². The lowest BCUT2D eigenvalue weighted by Gasteiger charge is -2.51. The van der Waals surface area contributed by atoms with Gasteiger partial charge < -0.3 is 24.2 Å². The van der Waals surface area contributed by atoms with Crippen LogP contribution in [0.15, 0.2) is 18.2 Å². The summed E-state index contributed by atoms with van der Waals surface area (Å²) < 4.78 is 16.4. The van der Waals surface area contributed by atoms with Gasteiger partial charge in [-0.15, -0.1) is 0 Å². The van der Waals surface area contributed by atoms with Crippen LogP contribution in [0.25, 0.3) is 0 Å². The van der Waals surface area contributed by atoms with Crippen LogP contribution in [-0.2, 0) is 10.3 Å². The van der Waals surface area contributed by atoms with Crippen LogP contribution in [0.1, 0.15) is 58.4 Å². The van der Waals surface area contributed by atoms with Crippen LogP contribution >= 0.6 is 0 Å².